The summed E-state index contributed by atoms with van der Waals surface area (Å²) in [5, 5.41) is 8.34. The minimum absolute atomic E-state index is 0.124. The molecule has 0 bridgehead atoms. The summed E-state index contributed by atoms with van der Waals surface area (Å²) in [6, 6.07) is 3.15. The first-order valence-corrected chi connectivity index (χ1v) is 3.23. The van der Waals surface area contributed by atoms with E-state index in [0.717, 1.165) is 0 Å². The highest BCUT2D eigenvalue weighted by atomic mass is 31.0. The zero-order chi connectivity index (χ0) is 6.69. The lowest BCUT2D eigenvalue weighted by molar-refractivity contribution is 0.0691. The van der Waals surface area contributed by atoms with Gasteiger partial charge in [0.2, 0.25) is 0 Å². The van der Waals surface area contributed by atoms with Crippen molar-refractivity contribution in [3.63, 3.8) is 0 Å². The monoisotopic (exact) mass is 141 g/mol. The normalized spacial score (nSPS) is 9.78. The van der Waals surface area contributed by atoms with Gasteiger partial charge in [0.1, 0.15) is 0 Å². The van der Waals surface area contributed by atoms with E-state index in [1.807, 2.05) is 0 Å². The van der Waals surface area contributed by atoms with Crippen molar-refractivity contribution in [1.82, 2.24) is 4.75 Å². The Morgan fingerprint density at radius 2 is 2.56 bits per heavy atom. The fraction of sp³-hybridized carbons (Fsp3) is 0. The fourth-order valence-electron chi connectivity index (χ4n) is 0.416. The van der Waals surface area contributed by atoms with Gasteiger partial charge in [-0.25, -0.2) is 9.54 Å². The lowest BCUT2D eigenvalue weighted by atomic mass is 10.4. The molecule has 1 rings (SSSR count). The molecule has 0 amide bonds. The summed E-state index contributed by atoms with van der Waals surface area (Å²) in [6.45, 7) is 0. The predicted octanol–water partition coefficient (Wildman–Crippen LogP) is 1.36. The van der Waals surface area contributed by atoms with Gasteiger partial charge in [-0.05, 0) is 11.9 Å². The second-order valence-electron chi connectivity index (χ2n) is 1.41. The summed E-state index contributed by atoms with van der Waals surface area (Å²) in [7, 11) is 0.698. The number of hydrogen-bond donors (Lipinski definition) is 1. The Bertz CT molecular complexity index is 211. The average Bonchev–Trinajstić information content (AvgIpc) is 1.90. The summed E-state index contributed by atoms with van der Waals surface area (Å²) in [4.78, 5) is 10.2. The van der Waals surface area contributed by atoms with Gasteiger partial charge in [-0.15, -0.1) is 0 Å². The number of aromatic nitrogens is 1. The van der Waals surface area contributed by atoms with Crippen molar-refractivity contribution in [2.75, 3.05) is 0 Å². The fourth-order valence-corrected chi connectivity index (χ4v) is 0.922. The molecule has 0 radical (unpaired) electrons. The van der Waals surface area contributed by atoms with Crippen LogP contribution in [0, 0.1) is 0 Å². The zero-order valence-corrected chi connectivity index (χ0v) is 5.38. The lowest BCUT2D eigenvalue weighted by Crippen LogP contribution is -1.96. The molecule has 0 spiro atoms. The van der Waals surface area contributed by atoms with Gasteiger partial charge in [-0.2, -0.15) is 0 Å². The van der Waals surface area contributed by atoms with E-state index in [2.05, 4.69) is 4.75 Å². The Morgan fingerprint density at radius 3 is 2.89 bits per heavy atom. The van der Waals surface area contributed by atoms with Crippen LogP contribution in [-0.4, -0.2) is 15.8 Å². The Kier molecular flexibility index (Phi) is 1.75. The minimum Gasteiger partial charge on any atom is -0.477 e. The second kappa shape index (κ2) is 2.55. The molecule has 3 nitrogen and oxygen atoms in total. The molecule has 46 valence electrons. The highest BCUT2D eigenvalue weighted by Gasteiger charge is 1.99. The molecule has 0 saturated carbocycles. The molecule has 0 aliphatic heterocycles. The quantitative estimate of drug-likeness (QED) is 0.642. The highest BCUT2D eigenvalue weighted by molar-refractivity contribution is 7.24. The van der Waals surface area contributed by atoms with Gasteiger partial charge in [0.05, 0.1) is 0 Å². The van der Waals surface area contributed by atoms with Gasteiger partial charge >= 0.3 is 5.97 Å². The van der Waals surface area contributed by atoms with E-state index in [9.17, 15) is 4.79 Å². The molecule has 4 heteroatoms. The molecular weight excluding hydrogens is 137 g/mol. The van der Waals surface area contributed by atoms with Crippen LogP contribution in [0.25, 0.3) is 0 Å². The van der Waals surface area contributed by atoms with Gasteiger partial charge in [-0.3, -0.25) is 0 Å². The molecule has 1 aromatic heterocycles. The van der Waals surface area contributed by atoms with Crippen LogP contribution >= 0.6 is 8.35 Å². The molecule has 0 unspecified atom stereocenters. The standard InChI is InChI=1S/C5H4NO2P/c7-5(8)4-2-1-3-9-6-4/h1-3H,(H,7,8). The first-order chi connectivity index (χ1) is 4.30. The van der Waals surface area contributed by atoms with E-state index in [4.69, 9.17) is 5.11 Å². The van der Waals surface area contributed by atoms with Gasteiger partial charge in [0, 0.05) is 8.35 Å². The van der Waals surface area contributed by atoms with Crippen LogP contribution < -0.4 is 0 Å². The van der Waals surface area contributed by atoms with Crippen molar-refractivity contribution in [2.24, 2.45) is 0 Å². The Labute approximate surface area is 53.5 Å². The third-order valence-electron chi connectivity index (χ3n) is 0.791. The van der Waals surface area contributed by atoms with Crippen LogP contribution in [0.3, 0.4) is 0 Å². The Balaban J connectivity index is 2.98. The number of rotatable bonds is 1. The molecule has 0 aliphatic rings. The van der Waals surface area contributed by atoms with Gasteiger partial charge in [-0.1, -0.05) is 6.07 Å². The molecule has 0 fully saturated rings. The first kappa shape index (κ1) is 6.17. The van der Waals surface area contributed by atoms with Crippen LogP contribution in [0.15, 0.2) is 17.9 Å². The number of carbonyl (C=O) groups is 1. The maximum Gasteiger partial charge on any atom is 0.354 e. The third kappa shape index (κ3) is 1.47. The van der Waals surface area contributed by atoms with Crippen LogP contribution in [-0.2, 0) is 0 Å². The topological polar surface area (TPSA) is 50.2 Å². The summed E-state index contributed by atoms with van der Waals surface area (Å²) in [5.74, 6) is 0.804. The van der Waals surface area contributed by atoms with E-state index in [-0.39, 0.29) is 5.69 Å². The van der Waals surface area contributed by atoms with Crippen LogP contribution in [0.5, 0.6) is 0 Å². The Hall–Kier alpha value is -0.950. The number of nitrogens with zero attached hydrogens (tertiary/aromatic N) is 1. The van der Waals surface area contributed by atoms with E-state index in [1.54, 1.807) is 11.9 Å². The van der Waals surface area contributed by atoms with Crippen molar-refractivity contribution < 1.29 is 9.90 Å². The summed E-state index contributed by atoms with van der Waals surface area (Å²) in [6.07, 6.45) is 0. The molecule has 0 saturated heterocycles. The van der Waals surface area contributed by atoms with Crippen molar-refractivity contribution >= 4 is 14.3 Å². The predicted molar refractivity (Wildman–Crippen MR) is 33.7 cm³/mol. The number of hydrogen-bond acceptors (Lipinski definition) is 2. The van der Waals surface area contributed by atoms with Crippen LogP contribution in [0.4, 0.5) is 0 Å². The lowest BCUT2D eigenvalue weighted by Gasteiger charge is -1.86. The molecule has 1 N–H and O–H groups in total. The first-order valence-electron chi connectivity index (χ1n) is 2.31. The van der Waals surface area contributed by atoms with Crippen LogP contribution in [0.1, 0.15) is 10.5 Å². The summed E-state index contributed by atoms with van der Waals surface area (Å²) < 4.78 is 3.68. The summed E-state index contributed by atoms with van der Waals surface area (Å²) >= 11 is 0. The molecule has 9 heavy (non-hydrogen) atoms. The maximum atomic E-state index is 10.2. The van der Waals surface area contributed by atoms with Crippen molar-refractivity contribution in [3.8, 4) is 0 Å². The third-order valence-corrected chi connectivity index (χ3v) is 1.43. The van der Waals surface area contributed by atoms with Crippen molar-refractivity contribution in [3.05, 3.63) is 23.6 Å². The largest absolute Gasteiger partial charge is 0.477 e. The van der Waals surface area contributed by atoms with Gasteiger partial charge < -0.3 is 5.11 Å². The van der Waals surface area contributed by atoms with Gasteiger partial charge in [0.15, 0.2) is 5.69 Å². The maximum absolute atomic E-state index is 10.2. The van der Waals surface area contributed by atoms with Crippen molar-refractivity contribution in [2.45, 2.75) is 0 Å². The average molecular weight is 141 g/mol. The second-order valence-corrected chi connectivity index (χ2v) is 2.14. The molecule has 1 heterocycles. The van der Waals surface area contributed by atoms with Gasteiger partial charge in [0.25, 0.3) is 0 Å². The summed E-state index contributed by atoms with van der Waals surface area (Å²) in [5.41, 5.74) is 0.124. The number of carboxylic acids is 1. The Morgan fingerprint density at radius 1 is 1.78 bits per heavy atom. The van der Waals surface area contributed by atoms with Crippen LogP contribution in [0.2, 0.25) is 0 Å². The van der Waals surface area contributed by atoms with E-state index in [0.29, 0.717) is 8.35 Å². The number of carboxylic acid groups (broad SMARTS) is 1. The van der Waals surface area contributed by atoms with E-state index >= 15 is 0 Å². The SMILES string of the molecule is O=C(O)c1cccpn1. The van der Waals surface area contributed by atoms with Crippen molar-refractivity contribution in [1.29, 1.82) is 0 Å². The van der Waals surface area contributed by atoms with E-state index < -0.39 is 5.97 Å². The molecule has 1 aromatic rings. The smallest absolute Gasteiger partial charge is 0.354 e. The molecule has 0 aliphatic carbocycles. The number of aromatic carboxylic acids is 1. The minimum atomic E-state index is -0.966. The molecular formula is C5H4NO2P. The zero-order valence-electron chi connectivity index (χ0n) is 4.48. The molecule has 0 atom stereocenters. The molecule has 0 aromatic carbocycles. The van der Waals surface area contributed by atoms with E-state index in [1.165, 1.54) is 6.07 Å². The highest BCUT2D eigenvalue weighted by Crippen LogP contribution is 2.00.